The van der Waals surface area contributed by atoms with Crippen LogP contribution in [0.15, 0.2) is 0 Å². The fourth-order valence-corrected chi connectivity index (χ4v) is 15.3. The van der Waals surface area contributed by atoms with Crippen LogP contribution in [-0.4, -0.2) is 96.7 Å². The number of carbonyl (C=O) groups excluding carboxylic acids is 4. The minimum Gasteiger partial charge on any atom is -0.462 e. The molecule has 0 aliphatic rings. The van der Waals surface area contributed by atoms with E-state index in [4.69, 9.17) is 37.0 Å². The maximum Gasteiger partial charge on any atom is 0.472 e. The second-order valence-corrected chi connectivity index (χ2v) is 35.3. The monoisotopic (exact) mass is 1560 g/mol. The summed E-state index contributed by atoms with van der Waals surface area (Å²) < 4.78 is 69.0. The number of rotatable bonds is 87. The molecule has 0 amide bonds. The third-order valence-corrected chi connectivity index (χ3v) is 23.0. The summed E-state index contributed by atoms with van der Waals surface area (Å²) in [5.41, 5.74) is 0. The van der Waals surface area contributed by atoms with Crippen LogP contribution < -0.4 is 0 Å². The summed E-state index contributed by atoms with van der Waals surface area (Å²) >= 11 is 0. The van der Waals surface area contributed by atoms with E-state index in [1.165, 1.54) is 289 Å². The van der Waals surface area contributed by atoms with E-state index in [-0.39, 0.29) is 25.7 Å². The van der Waals surface area contributed by atoms with Gasteiger partial charge in [0.15, 0.2) is 12.2 Å². The average molecular weight is 1560 g/mol. The Morgan fingerprint density at radius 3 is 0.710 bits per heavy atom. The molecule has 636 valence electrons. The van der Waals surface area contributed by atoms with E-state index in [9.17, 15) is 43.2 Å². The lowest BCUT2D eigenvalue weighted by Gasteiger charge is -2.21. The Morgan fingerprint density at radius 2 is 0.477 bits per heavy atom. The van der Waals surface area contributed by atoms with Gasteiger partial charge in [0.1, 0.15) is 19.3 Å². The number of aliphatic hydroxyl groups is 1. The fraction of sp³-hybridized carbons (Fsp3) is 0.955. The Labute approximate surface area is 658 Å². The number of phosphoric ester groups is 2. The molecule has 17 nitrogen and oxygen atoms in total. The number of ether oxygens (including phenoxy) is 4. The molecule has 0 radical (unpaired) electrons. The first-order valence-corrected chi connectivity index (χ1v) is 48.5. The molecule has 0 heterocycles. The highest BCUT2D eigenvalue weighted by atomic mass is 31.2. The lowest BCUT2D eigenvalue weighted by atomic mass is 9.99. The van der Waals surface area contributed by atoms with Crippen LogP contribution in [0.5, 0.6) is 0 Å². The molecule has 0 aromatic carbocycles. The summed E-state index contributed by atoms with van der Waals surface area (Å²) in [6, 6.07) is 0. The molecule has 0 saturated heterocycles. The van der Waals surface area contributed by atoms with Gasteiger partial charge in [-0.15, -0.1) is 0 Å². The minimum atomic E-state index is -4.97. The zero-order valence-corrected chi connectivity index (χ0v) is 72.2. The molecule has 0 rings (SSSR count). The van der Waals surface area contributed by atoms with Crippen molar-refractivity contribution in [2.24, 2.45) is 11.8 Å². The van der Waals surface area contributed by atoms with Gasteiger partial charge in [0, 0.05) is 25.7 Å². The number of phosphoric acid groups is 2. The van der Waals surface area contributed by atoms with Crippen molar-refractivity contribution < 1.29 is 80.2 Å². The van der Waals surface area contributed by atoms with Gasteiger partial charge in [0.2, 0.25) is 0 Å². The van der Waals surface area contributed by atoms with Crippen LogP contribution in [0.4, 0.5) is 0 Å². The van der Waals surface area contributed by atoms with Crippen LogP contribution in [0.2, 0.25) is 0 Å². The zero-order valence-electron chi connectivity index (χ0n) is 70.5. The first-order valence-electron chi connectivity index (χ1n) is 45.5. The molecule has 3 N–H and O–H groups in total. The molecule has 0 aromatic heterocycles. The van der Waals surface area contributed by atoms with E-state index in [0.717, 1.165) is 102 Å². The quantitative estimate of drug-likeness (QED) is 0.0222. The van der Waals surface area contributed by atoms with Crippen LogP contribution in [0.1, 0.15) is 472 Å². The molecule has 0 aliphatic carbocycles. The van der Waals surface area contributed by atoms with E-state index in [2.05, 4.69) is 41.5 Å². The fourth-order valence-electron chi connectivity index (χ4n) is 13.7. The van der Waals surface area contributed by atoms with Gasteiger partial charge < -0.3 is 33.8 Å². The van der Waals surface area contributed by atoms with Crippen molar-refractivity contribution in [3.63, 3.8) is 0 Å². The molecular weight excluding hydrogens is 1390 g/mol. The van der Waals surface area contributed by atoms with E-state index >= 15 is 0 Å². The Morgan fingerprint density at radius 1 is 0.271 bits per heavy atom. The predicted molar refractivity (Wildman–Crippen MR) is 442 cm³/mol. The van der Waals surface area contributed by atoms with Gasteiger partial charge in [-0.25, -0.2) is 9.13 Å². The lowest BCUT2D eigenvalue weighted by molar-refractivity contribution is -0.161. The van der Waals surface area contributed by atoms with Crippen LogP contribution in [0.25, 0.3) is 0 Å². The third-order valence-electron chi connectivity index (χ3n) is 21.1. The van der Waals surface area contributed by atoms with Crippen molar-refractivity contribution in [1.82, 2.24) is 0 Å². The molecule has 107 heavy (non-hydrogen) atoms. The largest absolute Gasteiger partial charge is 0.472 e. The molecule has 6 atom stereocenters. The summed E-state index contributed by atoms with van der Waals surface area (Å²) in [6.45, 7) is 9.78. The smallest absolute Gasteiger partial charge is 0.462 e. The van der Waals surface area contributed by atoms with Gasteiger partial charge in [-0.2, -0.15) is 0 Å². The Hall–Kier alpha value is -1.94. The van der Waals surface area contributed by atoms with Crippen molar-refractivity contribution in [1.29, 1.82) is 0 Å². The minimum absolute atomic E-state index is 0.109. The summed E-state index contributed by atoms with van der Waals surface area (Å²) in [6.07, 6.45) is 72.0. The van der Waals surface area contributed by atoms with Crippen LogP contribution in [-0.2, 0) is 65.4 Å². The molecule has 3 unspecified atom stereocenters. The summed E-state index contributed by atoms with van der Waals surface area (Å²) in [5, 5.41) is 10.7. The molecule has 0 fully saturated rings. The summed E-state index contributed by atoms with van der Waals surface area (Å²) in [7, 11) is -9.93. The molecule has 0 saturated carbocycles. The Kier molecular flexibility index (Phi) is 77.9. The van der Waals surface area contributed by atoms with Gasteiger partial charge >= 0.3 is 39.5 Å². The number of carbonyl (C=O) groups is 4. The second-order valence-electron chi connectivity index (χ2n) is 32.4. The summed E-state index contributed by atoms with van der Waals surface area (Å²) in [5.74, 6) is -0.435. The van der Waals surface area contributed by atoms with Gasteiger partial charge in [0.05, 0.1) is 26.4 Å². The van der Waals surface area contributed by atoms with E-state index < -0.39 is 97.5 Å². The molecule has 0 aromatic rings. The zero-order chi connectivity index (χ0) is 78.5. The number of hydrogen-bond acceptors (Lipinski definition) is 15. The van der Waals surface area contributed by atoms with Gasteiger partial charge in [-0.1, -0.05) is 420 Å². The molecule has 0 bridgehead atoms. The number of aliphatic hydroxyl groups excluding tert-OH is 1. The van der Waals surface area contributed by atoms with Crippen molar-refractivity contribution >= 4 is 39.5 Å². The molecule has 0 spiro atoms. The highest BCUT2D eigenvalue weighted by Gasteiger charge is 2.31. The van der Waals surface area contributed by atoms with E-state index in [1.54, 1.807) is 0 Å². The first kappa shape index (κ1) is 105. The SMILES string of the molecule is CCCCCCCCCCCCCCCCCCC(=O)O[C@H](COC(=O)CCCCCCCCCCCCCCC)COP(=O)(O)OC[C@H](O)COP(=O)(O)OC[C@@H](COC(=O)CCCCCCCCCCCCCCCC(C)C)OC(=O)CCCCCCCCCCCCCCCCCCCCC(C)CC. The van der Waals surface area contributed by atoms with Gasteiger partial charge in [0.25, 0.3) is 0 Å². The normalized spacial score (nSPS) is 14.0. The third kappa shape index (κ3) is 80.5. The van der Waals surface area contributed by atoms with Crippen molar-refractivity contribution in [3.05, 3.63) is 0 Å². The standard InChI is InChI=1S/C88H172O17P2/c1-7-10-12-14-16-18-20-22-23-29-35-42-48-54-60-66-72-87(92)104-83(76-98-85(90)70-64-58-52-46-40-32-21-19-17-15-13-11-8-2)78-102-106(94,95)100-74-82(89)75-101-107(96,97)103-79-84(77-99-86(91)71-65-59-53-47-41-37-31-33-38-44-50-56-62-68-80(4)5)105-88(93)73-67-61-55-49-43-36-30-27-25-24-26-28-34-39-45-51-57-63-69-81(6)9-3/h80-84,89H,7-79H2,1-6H3,(H,94,95)(H,96,97)/t81?,82-,83+,84+/m0/s1. The van der Waals surface area contributed by atoms with E-state index in [1.807, 2.05) is 0 Å². The predicted octanol–water partition coefficient (Wildman–Crippen LogP) is 27.0. The van der Waals surface area contributed by atoms with Gasteiger partial charge in [-0.05, 0) is 37.5 Å². The molecular formula is C88H172O17P2. The average Bonchev–Trinajstić information content (AvgIpc) is 0.927. The topological polar surface area (TPSA) is 237 Å². The number of unbranched alkanes of at least 4 members (excludes halogenated alkanes) is 56. The van der Waals surface area contributed by atoms with Crippen molar-refractivity contribution in [2.45, 2.75) is 490 Å². The van der Waals surface area contributed by atoms with E-state index in [0.29, 0.717) is 25.7 Å². The second kappa shape index (κ2) is 79.3. The van der Waals surface area contributed by atoms with Gasteiger partial charge in [-0.3, -0.25) is 37.3 Å². The van der Waals surface area contributed by atoms with Crippen LogP contribution in [0.3, 0.4) is 0 Å². The van der Waals surface area contributed by atoms with Crippen LogP contribution in [0, 0.1) is 11.8 Å². The Balaban J connectivity index is 5.25. The highest BCUT2D eigenvalue weighted by Crippen LogP contribution is 2.45. The lowest BCUT2D eigenvalue weighted by Crippen LogP contribution is -2.30. The van der Waals surface area contributed by atoms with Crippen LogP contribution >= 0.6 is 15.6 Å². The van der Waals surface area contributed by atoms with Crippen molar-refractivity contribution in [2.75, 3.05) is 39.6 Å². The maximum absolute atomic E-state index is 13.2. The highest BCUT2D eigenvalue weighted by molar-refractivity contribution is 7.47. The molecule has 0 aliphatic heterocycles. The number of hydrogen-bond donors (Lipinski definition) is 3. The first-order chi connectivity index (χ1) is 51.9. The Bertz CT molecular complexity index is 2050. The summed E-state index contributed by atoms with van der Waals surface area (Å²) in [4.78, 5) is 73.3. The maximum atomic E-state index is 13.2. The molecule has 19 heteroatoms. The number of esters is 4. The van der Waals surface area contributed by atoms with Crippen molar-refractivity contribution in [3.8, 4) is 0 Å².